The third kappa shape index (κ3) is 41.2. The quantitative estimate of drug-likeness (QED) is 0.0275. The molecule has 0 heterocycles. The van der Waals surface area contributed by atoms with Crippen LogP contribution in [0.5, 0.6) is 0 Å². The van der Waals surface area contributed by atoms with Gasteiger partial charge in [0.05, 0.1) is 39.9 Å². The second kappa shape index (κ2) is 39.4. The molecule has 1 unspecified atom stereocenters. The van der Waals surface area contributed by atoms with Gasteiger partial charge in [0.25, 0.3) is 7.82 Å². The van der Waals surface area contributed by atoms with Crippen LogP contribution in [-0.2, 0) is 18.4 Å². The maximum absolute atomic E-state index is 12.8. The van der Waals surface area contributed by atoms with E-state index in [2.05, 4.69) is 31.3 Å². The molecule has 0 aromatic rings. The second-order valence-electron chi connectivity index (χ2n) is 17.5. The minimum Gasteiger partial charge on any atom is -0.756 e. The third-order valence-electron chi connectivity index (χ3n) is 10.7. The van der Waals surface area contributed by atoms with Crippen LogP contribution in [0, 0.1) is 0 Å². The molecule has 0 aliphatic heterocycles. The van der Waals surface area contributed by atoms with Crippen LogP contribution in [-0.4, -0.2) is 68.5 Å². The van der Waals surface area contributed by atoms with Gasteiger partial charge in [-0.05, 0) is 32.1 Å². The number of unbranched alkanes of at least 4 members (excludes halogenated alkanes) is 28. The summed E-state index contributed by atoms with van der Waals surface area (Å²) in [7, 11) is 1.25. The first-order valence-electron chi connectivity index (χ1n) is 23.7. The number of rotatable bonds is 43. The van der Waals surface area contributed by atoms with E-state index in [-0.39, 0.29) is 19.1 Å². The number of carbonyl (C=O) groups is 1. The van der Waals surface area contributed by atoms with Crippen LogP contribution in [0.15, 0.2) is 24.3 Å². The maximum Gasteiger partial charge on any atom is 0.268 e. The Bertz CT molecular complexity index is 969. The van der Waals surface area contributed by atoms with Gasteiger partial charge in [-0.3, -0.25) is 9.36 Å². The summed E-state index contributed by atoms with van der Waals surface area (Å²) in [4.78, 5) is 25.3. The van der Waals surface area contributed by atoms with Crippen molar-refractivity contribution in [2.75, 3.05) is 40.9 Å². The summed E-state index contributed by atoms with van der Waals surface area (Å²) in [6.45, 7) is 4.61. The molecular weight excluding hydrogens is 719 g/mol. The number of phosphoric ester groups is 1. The molecule has 0 saturated heterocycles. The van der Waals surface area contributed by atoms with E-state index in [1.807, 2.05) is 27.2 Å². The molecule has 0 aliphatic carbocycles. The highest BCUT2D eigenvalue weighted by Gasteiger charge is 2.23. The molecule has 1 amide bonds. The molecule has 9 heteroatoms. The van der Waals surface area contributed by atoms with Gasteiger partial charge in [0, 0.05) is 6.42 Å². The average Bonchev–Trinajstić information content (AvgIpc) is 3.15. The molecule has 0 fully saturated rings. The first-order valence-corrected chi connectivity index (χ1v) is 25.2. The summed E-state index contributed by atoms with van der Waals surface area (Å²) >= 11 is 0. The van der Waals surface area contributed by atoms with Gasteiger partial charge in [-0.25, -0.2) is 0 Å². The van der Waals surface area contributed by atoms with Crippen LogP contribution in [0.3, 0.4) is 0 Å². The summed E-state index contributed by atoms with van der Waals surface area (Å²) in [6.07, 6.45) is 46.7. The van der Waals surface area contributed by atoms with Crippen molar-refractivity contribution >= 4 is 13.7 Å². The van der Waals surface area contributed by atoms with Gasteiger partial charge in [0.15, 0.2) is 0 Å². The number of hydrogen-bond acceptors (Lipinski definition) is 6. The van der Waals surface area contributed by atoms with Gasteiger partial charge >= 0.3 is 0 Å². The standard InChI is InChI=1S/C47H93N2O6P/c1-6-8-10-12-14-16-18-19-20-21-22-23-24-25-26-27-28-29-31-33-35-37-39-41-47(51)48-45(44-55-56(52,53)54-43-42-49(3,4)5)46(50)40-38-36-34-32-30-17-15-13-11-9-7-2/h30,32,38,40,45-46,50H,6-29,31,33-37,39,41-44H2,1-5H3,(H-,48,51,52,53)/b32-30+,40-38+/t45-,46+/m0/s1. The molecule has 0 spiro atoms. The van der Waals surface area contributed by atoms with Crippen LogP contribution in [0.4, 0.5) is 0 Å². The Labute approximate surface area is 347 Å². The Balaban J connectivity index is 4.21. The van der Waals surface area contributed by atoms with Crippen molar-refractivity contribution in [3.8, 4) is 0 Å². The SMILES string of the molecule is CCCCCCC/C=C/CC/C=C/[C@@H](O)[C@H](COP(=O)([O-])OCC[N+](C)(C)C)NC(=O)CCCCCCCCCCCCCCCCCCCCCCCCC. The van der Waals surface area contributed by atoms with Gasteiger partial charge in [0.1, 0.15) is 13.2 Å². The van der Waals surface area contributed by atoms with Gasteiger partial charge in [-0.1, -0.05) is 205 Å². The van der Waals surface area contributed by atoms with Crippen molar-refractivity contribution in [3.05, 3.63) is 24.3 Å². The predicted molar refractivity (Wildman–Crippen MR) is 238 cm³/mol. The van der Waals surface area contributed by atoms with Gasteiger partial charge < -0.3 is 28.8 Å². The summed E-state index contributed by atoms with van der Waals surface area (Å²) in [5, 5.41) is 13.7. The lowest BCUT2D eigenvalue weighted by atomic mass is 10.0. The lowest BCUT2D eigenvalue weighted by Crippen LogP contribution is -2.45. The number of aliphatic hydroxyl groups excluding tert-OH is 1. The van der Waals surface area contributed by atoms with Crippen LogP contribution in [0.2, 0.25) is 0 Å². The molecule has 0 aliphatic rings. The average molecular weight is 813 g/mol. The number of hydrogen-bond donors (Lipinski definition) is 2. The summed E-state index contributed by atoms with van der Waals surface area (Å²) in [5.41, 5.74) is 0. The largest absolute Gasteiger partial charge is 0.756 e. The van der Waals surface area contributed by atoms with Crippen LogP contribution in [0.1, 0.15) is 219 Å². The number of carbonyl (C=O) groups excluding carboxylic acids is 1. The lowest BCUT2D eigenvalue weighted by Gasteiger charge is -2.29. The monoisotopic (exact) mass is 813 g/mol. The number of likely N-dealkylation sites (N-methyl/N-ethyl adjacent to an activating group) is 1. The normalized spacial score (nSPS) is 14.5. The number of aliphatic hydroxyl groups is 1. The van der Waals surface area contributed by atoms with Gasteiger partial charge in [-0.2, -0.15) is 0 Å². The first-order chi connectivity index (χ1) is 27.0. The van der Waals surface area contributed by atoms with E-state index in [1.54, 1.807) is 6.08 Å². The van der Waals surface area contributed by atoms with Gasteiger partial charge in [0.2, 0.25) is 5.91 Å². The number of amides is 1. The molecule has 3 atom stereocenters. The molecule has 8 nitrogen and oxygen atoms in total. The fourth-order valence-corrected chi connectivity index (χ4v) is 7.60. The summed E-state index contributed by atoms with van der Waals surface area (Å²) in [5.74, 6) is -0.205. The Morgan fingerprint density at radius 3 is 1.45 bits per heavy atom. The molecular formula is C47H93N2O6P. The van der Waals surface area contributed by atoms with E-state index < -0.39 is 20.0 Å². The molecule has 0 bridgehead atoms. The highest BCUT2D eigenvalue weighted by atomic mass is 31.2. The highest BCUT2D eigenvalue weighted by molar-refractivity contribution is 7.45. The Morgan fingerprint density at radius 1 is 0.607 bits per heavy atom. The van der Waals surface area contributed by atoms with Crippen LogP contribution >= 0.6 is 7.82 Å². The molecule has 56 heavy (non-hydrogen) atoms. The molecule has 332 valence electrons. The van der Waals surface area contributed by atoms with E-state index in [1.165, 1.54) is 161 Å². The third-order valence-corrected chi connectivity index (χ3v) is 11.6. The number of quaternary nitrogens is 1. The molecule has 0 aromatic heterocycles. The lowest BCUT2D eigenvalue weighted by molar-refractivity contribution is -0.870. The van der Waals surface area contributed by atoms with Crippen LogP contribution < -0.4 is 10.2 Å². The molecule has 2 N–H and O–H groups in total. The van der Waals surface area contributed by atoms with E-state index in [9.17, 15) is 19.4 Å². The number of nitrogens with one attached hydrogen (secondary N) is 1. The Kier molecular flexibility index (Phi) is 38.7. The zero-order valence-electron chi connectivity index (χ0n) is 37.6. The van der Waals surface area contributed by atoms with E-state index in [0.29, 0.717) is 17.4 Å². The molecule has 0 saturated carbocycles. The van der Waals surface area contributed by atoms with Crippen molar-refractivity contribution in [2.24, 2.45) is 0 Å². The summed E-state index contributed by atoms with van der Waals surface area (Å²) in [6, 6.07) is -0.897. The van der Waals surface area contributed by atoms with Crippen molar-refractivity contribution in [1.29, 1.82) is 0 Å². The van der Waals surface area contributed by atoms with Crippen molar-refractivity contribution < 1.29 is 32.9 Å². The molecule has 0 aromatic carbocycles. The highest BCUT2D eigenvalue weighted by Crippen LogP contribution is 2.38. The topological polar surface area (TPSA) is 108 Å². The fourth-order valence-electron chi connectivity index (χ4n) is 6.87. The first kappa shape index (κ1) is 55.0. The number of phosphoric acid groups is 1. The smallest absolute Gasteiger partial charge is 0.268 e. The van der Waals surface area contributed by atoms with E-state index in [0.717, 1.165) is 38.5 Å². The number of allylic oxidation sites excluding steroid dienone is 3. The van der Waals surface area contributed by atoms with Crippen LogP contribution in [0.25, 0.3) is 0 Å². The minimum atomic E-state index is -4.59. The van der Waals surface area contributed by atoms with Crippen molar-refractivity contribution in [2.45, 2.75) is 231 Å². The number of nitrogens with zero attached hydrogens (tertiary/aromatic N) is 1. The minimum absolute atomic E-state index is 0.00441. The Hall–Kier alpha value is -1.02. The van der Waals surface area contributed by atoms with Crippen molar-refractivity contribution in [3.63, 3.8) is 0 Å². The Morgan fingerprint density at radius 2 is 1.00 bits per heavy atom. The molecule has 0 rings (SSSR count). The fraction of sp³-hybridized carbons (Fsp3) is 0.894. The second-order valence-corrected chi connectivity index (χ2v) is 18.9. The predicted octanol–water partition coefficient (Wildman–Crippen LogP) is 12.7. The van der Waals surface area contributed by atoms with Crippen molar-refractivity contribution in [1.82, 2.24) is 5.32 Å². The molecule has 0 radical (unpaired) electrons. The van der Waals surface area contributed by atoms with E-state index in [4.69, 9.17) is 9.05 Å². The maximum atomic E-state index is 12.8. The summed E-state index contributed by atoms with van der Waals surface area (Å²) < 4.78 is 23.2. The van der Waals surface area contributed by atoms with E-state index >= 15 is 0 Å². The zero-order chi connectivity index (χ0) is 41.4. The zero-order valence-corrected chi connectivity index (χ0v) is 38.5. The van der Waals surface area contributed by atoms with Gasteiger partial charge in [-0.15, -0.1) is 0 Å².